The molecule has 4 heteroatoms. The van der Waals surface area contributed by atoms with E-state index in [1.54, 1.807) is 18.5 Å². The maximum atomic E-state index is 5.32. The molecule has 3 nitrogen and oxygen atoms in total. The number of halogens is 1. The van der Waals surface area contributed by atoms with Gasteiger partial charge in [-0.1, -0.05) is 0 Å². The molecule has 0 spiro atoms. The Morgan fingerprint density at radius 1 is 1.33 bits per heavy atom. The number of nitrogens with two attached hydrogens (primary N) is 1. The Labute approximate surface area is 58.9 Å². The molecule has 0 aromatic carbocycles. The fourth-order valence-electron chi connectivity index (χ4n) is 0.281. The number of hydrogen-bond acceptors (Lipinski definition) is 3. The predicted octanol–water partition coefficient (Wildman–Crippen LogP) is 0.705. The highest BCUT2D eigenvalue weighted by atomic mass is 35.5. The fourth-order valence-corrected chi connectivity index (χ4v) is 0.394. The normalized spacial score (nSPS) is 7.44. The minimum absolute atomic E-state index is 0.294. The topological polar surface area (TPSA) is 51.8 Å². The van der Waals surface area contributed by atoms with Gasteiger partial charge in [-0.2, -0.15) is 0 Å². The molecule has 0 saturated heterocycles. The van der Waals surface area contributed by atoms with Crippen LogP contribution in [0.15, 0.2) is 18.5 Å². The minimum Gasteiger partial charge on any atom is -0.333 e. The third kappa shape index (κ3) is 3.88. The molecule has 9 heavy (non-hydrogen) atoms. The van der Waals surface area contributed by atoms with Gasteiger partial charge in [0, 0.05) is 12.4 Å². The number of aromatic nitrogens is 2. The maximum Gasteiger partial charge on any atom is 0.222 e. The standard InChI is InChI=1S/C4H3ClN2.CH5N/c5-4-6-2-1-3-7-4;1-2/h1-3H;2H2,1H3. The SMILES string of the molecule is CN.Clc1ncccn1. The van der Waals surface area contributed by atoms with Gasteiger partial charge in [0.25, 0.3) is 0 Å². The first kappa shape index (κ1) is 8.33. The molecule has 0 bridgehead atoms. The molecule has 0 radical (unpaired) electrons. The Morgan fingerprint density at radius 3 is 2.00 bits per heavy atom. The Morgan fingerprint density at radius 2 is 1.78 bits per heavy atom. The van der Waals surface area contributed by atoms with E-state index in [1.807, 2.05) is 0 Å². The third-order valence-electron chi connectivity index (χ3n) is 0.534. The van der Waals surface area contributed by atoms with Crippen molar-refractivity contribution < 1.29 is 0 Å². The fraction of sp³-hybridized carbons (Fsp3) is 0.200. The summed E-state index contributed by atoms with van der Waals surface area (Å²) in [5.74, 6) is 0. The van der Waals surface area contributed by atoms with Gasteiger partial charge in [0.15, 0.2) is 0 Å². The lowest BCUT2D eigenvalue weighted by Crippen LogP contribution is -1.73. The molecule has 1 aromatic rings. The molecule has 0 aliphatic heterocycles. The van der Waals surface area contributed by atoms with Crippen LogP contribution in [0.5, 0.6) is 0 Å². The monoisotopic (exact) mass is 145 g/mol. The van der Waals surface area contributed by atoms with Gasteiger partial charge in [-0.25, -0.2) is 9.97 Å². The molecule has 50 valence electrons. The van der Waals surface area contributed by atoms with Crippen molar-refractivity contribution in [2.75, 3.05) is 7.05 Å². The van der Waals surface area contributed by atoms with Gasteiger partial charge in [-0.05, 0) is 24.7 Å². The average molecular weight is 146 g/mol. The van der Waals surface area contributed by atoms with E-state index in [1.165, 1.54) is 7.05 Å². The highest BCUT2D eigenvalue weighted by Gasteiger charge is 1.78. The molecule has 0 amide bonds. The second-order valence-electron chi connectivity index (χ2n) is 1.02. The molecule has 0 fully saturated rings. The van der Waals surface area contributed by atoms with E-state index in [-0.39, 0.29) is 0 Å². The highest BCUT2D eigenvalue weighted by Crippen LogP contribution is 1.92. The van der Waals surface area contributed by atoms with E-state index in [0.717, 1.165) is 0 Å². The summed E-state index contributed by atoms with van der Waals surface area (Å²) in [6, 6.07) is 1.71. The van der Waals surface area contributed by atoms with Crippen LogP contribution in [0.2, 0.25) is 5.28 Å². The first-order chi connectivity index (χ1) is 4.39. The van der Waals surface area contributed by atoms with Crippen molar-refractivity contribution in [3.05, 3.63) is 23.7 Å². The first-order valence-electron chi connectivity index (χ1n) is 2.40. The molecule has 0 saturated carbocycles. The lowest BCUT2D eigenvalue weighted by molar-refractivity contribution is 1.17. The molecule has 0 atom stereocenters. The molecule has 0 aliphatic rings. The zero-order valence-electron chi connectivity index (χ0n) is 5.08. The number of hydrogen-bond donors (Lipinski definition) is 1. The molecule has 0 unspecified atom stereocenters. The molecule has 2 N–H and O–H groups in total. The van der Waals surface area contributed by atoms with Crippen molar-refractivity contribution in [3.63, 3.8) is 0 Å². The second kappa shape index (κ2) is 5.47. The molecule has 1 rings (SSSR count). The lowest BCUT2D eigenvalue weighted by Gasteiger charge is -1.78. The molecular weight excluding hydrogens is 138 g/mol. The second-order valence-corrected chi connectivity index (χ2v) is 1.36. The van der Waals surface area contributed by atoms with Crippen LogP contribution >= 0.6 is 11.6 Å². The smallest absolute Gasteiger partial charge is 0.222 e. The van der Waals surface area contributed by atoms with Crippen molar-refractivity contribution in [2.24, 2.45) is 5.73 Å². The van der Waals surface area contributed by atoms with Crippen LogP contribution < -0.4 is 5.73 Å². The summed E-state index contributed by atoms with van der Waals surface area (Å²) in [4.78, 5) is 7.27. The van der Waals surface area contributed by atoms with Crippen LogP contribution in [0.1, 0.15) is 0 Å². The van der Waals surface area contributed by atoms with Crippen molar-refractivity contribution in [2.45, 2.75) is 0 Å². The molecule has 1 heterocycles. The van der Waals surface area contributed by atoms with Gasteiger partial charge in [0.2, 0.25) is 5.28 Å². The van der Waals surface area contributed by atoms with E-state index in [4.69, 9.17) is 11.6 Å². The maximum absolute atomic E-state index is 5.32. The Bertz CT molecular complexity index is 142. The lowest BCUT2D eigenvalue weighted by atomic mass is 10.7. The predicted molar refractivity (Wildman–Crippen MR) is 37.2 cm³/mol. The van der Waals surface area contributed by atoms with Gasteiger partial charge in [-0.3, -0.25) is 0 Å². The van der Waals surface area contributed by atoms with Crippen LogP contribution in [0, 0.1) is 0 Å². The summed E-state index contributed by atoms with van der Waals surface area (Å²) in [5, 5.41) is 0.294. The quantitative estimate of drug-likeness (QED) is 0.547. The van der Waals surface area contributed by atoms with Crippen molar-refractivity contribution >= 4 is 11.6 Å². The van der Waals surface area contributed by atoms with Crippen molar-refractivity contribution in [1.82, 2.24) is 9.97 Å². The van der Waals surface area contributed by atoms with E-state index in [9.17, 15) is 0 Å². The Balaban J connectivity index is 0.000000291. The summed E-state index contributed by atoms with van der Waals surface area (Å²) < 4.78 is 0. The largest absolute Gasteiger partial charge is 0.333 e. The summed E-state index contributed by atoms with van der Waals surface area (Å²) in [5.41, 5.74) is 4.50. The third-order valence-corrected chi connectivity index (χ3v) is 0.729. The van der Waals surface area contributed by atoms with E-state index < -0.39 is 0 Å². The summed E-state index contributed by atoms with van der Waals surface area (Å²) in [6.45, 7) is 0. The van der Waals surface area contributed by atoms with Gasteiger partial charge in [0.05, 0.1) is 0 Å². The van der Waals surface area contributed by atoms with Gasteiger partial charge in [-0.15, -0.1) is 0 Å². The molecule has 1 aromatic heterocycles. The number of nitrogens with zero attached hydrogens (tertiary/aromatic N) is 2. The van der Waals surface area contributed by atoms with E-state index >= 15 is 0 Å². The van der Waals surface area contributed by atoms with Crippen LogP contribution in [0.25, 0.3) is 0 Å². The summed E-state index contributed by atoms with van der Waals surface area (Å²) in [7, 11) is 1.50. The van der Waals surface area contributed by atoms with Crippen molar-refractivity contribution in [1.29, 1.82) is 0 Å². The van der Waals surface area contributed by atoms with Gasteiger partial charge in [0.1, 0.15) is 0 Å². The molecular formula is C5H8ClN3. The highest BCUT2D eigenvalue weighted by molar-refractivity contribution is 6.28. The summed E-state index contributed by atoms with van der Waals surface area (Å²) >= 11 is 5.32. The van der Waals surface area contributed by atoms with Crippen molar-refractivity contribution in [3.8, 4) is 0 Å². The van der Waals surface area contributed by atoms with Gasteiger partial charge < -0.3 is 5.73 Å². The summed E-state index contributed by atoms with van der Waals surface area (Å²) in [6.07, 6.45) is 3.19. The van der Waals surface area contributed by atoms with Crippen LogP contribution in [-0.4, -0.2) is 17.0 Å². The zero-order valence-corrected chi connectivity index (χ0v) is 5.84. The first-order valence-corrected chi connectivity index (χ1v) is 2.77. The Hall–Kier alpha value is -0.670. The Kier molecular flexibility index (Phi) is 5.06. The van der Waals surface area contributed by atoms with Crippen LogP contribution in [0.4, 0.5) is 0 Å². The van der Waals surface area contributed by atoms with E-state index in [2.05, 4.69) is 15.7 Å². The molecule has 0 aliphatic carbocycles. The van der Waals surface area contributed by atoms with Crippen LogP contribution in [0.3, 0.4) is 0 Å². The minimum atomic E-state index is 0.294. The van der Waals surface area contributed by atoms with E-state index in [0.29, 0.717) is 5.28 Å². The van der Waals surface area contributed by atoms with Gasteiger partial charge >= 0.3 is 0 Å². The van der Waals surface area contributed by atoms with Crippen LogP contribution in [-0.2, 0) is 0 Å². The average Bonchev–Trinajstić information content (AvgIpc) is 1.94. The number of rotatable bonds is 0. The zero-order chi connectivity index (χ0) is 7.11.